The first-order valence-corrected chi connectivity index (χ1v) is 7.41. The maximum atomic E-state index is 12.1. The predicted molar refractivity (Wildman–Crippen MR) is 80.3 cm³/mol. The molecule has 7 heteroatoms. The fourth-order valence-electron chi connectivity index (χ4n) is 2.46. The van der Waals surface area contributed by atoms with Gasteiger partial charge in [-0.15, -0.1) is 0 Å². The molecule has 0 unspecified atom stereocenters. The van der Waals surface area contributed by atoms with Crippen molar-refractivity contribution < 1.29 is 9.53 Å². The number of carbonyl (C=O) groups is 1. The van der Waals surface area contributed by atoms with Crippen LogP contribution in [0.2, 0.25) is 0 Å². The van der Waals surface area contributed by atoms with Gasteiger partial charge in [-0.1, -0.05) is 12.8 Å². The third-order valence-electron chi connectivity index (χ3n) is 3.57. The topological polar surface area (TPSA) is 101 Å². The van der Waals surface area contributed by atoms with Crippen LogP contribution in [-0.4, -0.2) is 35.6 Å². The zero-order chi connectivity index (χ0) is 15.2. The lowest BCUT2D eigenvalue weighted by Crippen LogP contribution is -2.30. The van der Waals surface area contributed by atoms with Crippen molar-refractivity contribution in [2.45, 2.75) is 39.0 Å². The summed E-state index contributed by atoms with van der Waals surface area (Å²) < 4.78 is 4.83. The average Bonchev–Trinajstić information content (AvgIpc) is 2.72. The summed E-state index contributed by atoms with van der Waals surface area (Å²) >= 11 is 0. The van der Waals surface area contributed by atoms with Crippen molar-refractivity contribution in [3.63, 3.8) is 0 Å². The molecule has 7 nitrogen and oxygen atoms in total. The Kier molecular flexibility index (Phi) is 5.19. The molecular formula is C14H22N4O3. The molecule has 1 saturated heterocycles. The molecule has 0 bridgehead atoms. The van der Waals surface area contributed by atoms with Crippen LogP contribution in [0.4, 0.5) is 11.8 Å². The third-order valence-corrected chi connectivity index (χ3v) is 3.57. The highest BCUT2D eigenvalue weighted by Gasteiger charge is 2.17. The zero-order valence-corrected chi connectivity index (χ0v) is 12.4. The van der Waals surface area contributed by atoms with E-state index in [1.54, 1.807) is 6.92 Å². The van der Waals surface area contributed by atoms with Gasteiger partial charge in [0, 0.05) is 13.1 Å². The highest BCUT2D eigenvalue weighted by Crippen LogP contribution is 2.16. The SMILES string of the molecule is CCOC(=O)Cc1c(N)nc(N2CCCCCC2)[nH]c1=O. The highest BCUT2D eigenvalue weighted by molar-refractivity contribution is 5.74. The van der Waals surface area contributed by atoms with Crippen molar-refractivity contribution in [3.05, 3.63) is 15.9 Å². The first-order chi connectivity index (χ1) is 10.1. The highest BCUT2D eigenvalue weighted by atomic mass is 16.5. The summed E-state index contributed by atoms with van der Waals surface area (Å²) in [6.07, 6.45) is 4.39. The van der Waals surface area contributed by atoms with Crippen LogP contribution in [0.5, 0.6) is 0 Å². The first kappa shape index (κ1) is 15.3. The van der Waals surface area contributed by atoms with Gasteiger partial charge in [0.15, 0.2) is 0 Å². The van der Waals surface area contributed by atoms with E-state index < -0.39 is 5.97 Å². The van der Waals surface area contributed by atoms with E-state index in [-0.39, 0.29) is 30.0 Å². The van der Waals surface area contributed by atoms with Crippen LogP contribution in [0.15, 0.2) is 4.79 Å². The van der Waals surface area contributed by atoms with Crippen LogP contribution in [-0.2, 0) is 16.0 Å². The molecule has 1 aromatic heterocycles. The maximum Gasteiger partial charge on any atom is 0.310 e. The molecule has 3 N–H and O–H groups in total. The van der Waals surface area contributed by atoms with E-state index >= 15 is 0 Å². The van der Waals surface area contributed by atoms with E-state index in [9.17, 15) is 9.59 Å². The summed E-state index contributed by atoms with van der Waals surface area (Å²) in [5.74, 6) is 0.122. The van der Waals surface area contributed by atoms with Crippen molar-refractivity contribution >= 4 is 17.7 Å². The molecule has 0 atom stereocenters. The summed E-state index contributed by atoms with van der Waals surface area (Å²) in [5, 5.41) is 0. The molecule has 2 heterocycles. The van der Waals surface area contributed by atoms with Crippen LogP contribution in [0.3, 0.4) is 0 Å². The van der Waals surface area contributed by atoms with Gasteiger partial charge in [-0.2, -0.15) is 4.98 Å². The number of carbonyl (C=O) groups excluding carboxylic acids is 1. The quantitative estimate of drug-likeness (QED) is 0.798. The number of ether oxygens (including phenoxy) is 1. The van der Waals surface area contributed by atoms with Crippen LogP contribution >= 0.6 is 0 Å². The van der Waals surface area contributed by atoms with E-state index in [2.05, 4.69) is 9.97 Å². The summed E-state index contributed by atoms with van der Waals surface area (Å²) in [7, 11) is 0. The van der Waals surface area contributed by atoms with E-state index in [4.69, 9.17) is 10.5 Å². The molecule has 0 aromatic carbocycles. The Morgan fingerprint density at radius 3 is 2.57 bits per heavy atom. The fourth-order valence-corrected chi connectivity index (χ4v) is 2.46. The number of nitrogen functional groups attached to an aromatic ring is 1. The zero-order valence-electron chi connectivity index (χ0n) is 12.4. The monoisotopic (exact) mass is 294 g/mol. The molecule has 1 aliphatic heterocycles. The Balaban J connectivity index is 2.19. The normalized spacial score (nSPS) is 15.6. The molecule has 0 amide bonds. The number of hydrogen-bond donors (Lipinski definition) is 2. The lowest BCUT2D eigenvalue weighted by molar-refractivity contribution is -0.142. The summed E-state index contributed by atoms with van der Waals surface area (Å²) in [6.45, 7) is 3.71. The second-order valence-corrected chi connectivity index (χ2v) is 5.14. The Morgan fingerprint density at radius 2 is 2.00 bits per heavy atom. The Hall–Kier alpha value is -2.05. The van der Waals surface area contributed by atoms with Crippen molar-refractivity contribution in [3.8, 4) is 0 Å². The molecule has 0 aliphatic carbocycles. The van der Waals surface area contributed by atoms with E-state index in [1.807, 2.05) is 4.90 Å². The largest absolute Gasteiger partial charge is 0.466 e. The van der Waals surface area contributed by atoms with Crippen LogP contribution in [0.1, 0.15) is 38.2 Å². The van der Waals surface area contributed by atoms with E-state index in [0.717, 1.165) is 25.9 Å². The van der Waals surface area contributed by atoms with Crippen molar-refractivity contribution in [1.29, 1.82) is 0 Å². The van der Waals surface area contributed by atoms with Gasteiger partial charge in [-0.3, -0.25) is 14.6 Å². The molecule has 1 fully saturated rings. The number of anilines is 2. The van der Waals surface area contributed by atoms with Crippen LogP contribution in [0.25, 0.3) is 0 Å². The first-order valence-electron chi connectivity index (χ1n) is 7.41. The van der Waals surface area contributed by atoms with E-state index in [0.29, 0.717) is 5.95 Å². The number of aromatic amines is 1. The molecule has 21 heavy (non-hydrogen) atoms. The van der Waals surface area contributed by atoms with Gasteiger partial charge in [0.05, 0.1) is 18.6 Å². The summed E-state index contributed by atoms with van der Waals surface area (Å²) in [5.41, 5.74) is 5.65. The minimum absolute atomic E-state index is 0.103. The van der Waals surface area contributed by atoms with Gasteiger partial charge in [-0.05, 0) is 19.8 Å². The Morgan fingerprint density at radius 1 is 1.33 bits per heavy atom. The number of hydrogen-bond acceptors (Lipinski definition) is 6. The number of nitrogens with two attached hydrogens (primary N) is 1. The standard InChI is InChI=1S/C14H22N4O3/c1-2-21-11(19)9-10-12(15)16-14(17-13(10)20)18-7-5-3-4-6-8-18/h2-9H2,1H3,(H3,15,16,17,20). The summed E-state index contributed by atoms with van der Waals surface area (Å²) in [4.78, 5) is 32.6. The lowest BCUT2D eigenvalue weighted by atomic mass is 10.2. The van der Waals surface area contributed by atoms with Crippen molar-refractivity contribution in [2.75, 3.05) is 30.3 Å². The van der Waals surface area contributed by atoms with E-state index in [1.165, 1.54) is 12.8 Å². The third kappa shape index (κ3) is 3.96. The smallest absolute Gasteiger partial charge is 0.310 e. The fraction of sp³-hybridized carbons (Fsp3) is 0.643. The number of nitrogens with zero attached hydrogens (tertiary/aromatic N) is 2. The molecule has 0 saturated carbocycles. The predicted octanol–water partition coefficient (Wildman–Crippen LogP) is 0.838. The Labute approximate surface area is 123 Å². The molecular weight excluding hydrogens is 272 g/mol. The van der Waals surface area contributed by atoms with Gasteiger partial charge < -0.3 is 15.4 Å². The van der Waals surface area contributed by atoms with Gasteiger partial charge in [0.1, 0.15) is 5.82 Å². The van der Waals surface area contributed by atoms with Crippen LogP contribution < -0.4 is 16.2 Å². The molecule has 2 rings (SSSR count). The molecule has 1 aromatic rings. The second kappa shape index (κ2) is 7.10. The number of aromatic nitrogens is 2. The lowest BCUT2D eigenvalue weighted by Gasteiger charge is -2.21. The van der Waals surface area contributed by atoms with Gasteiger partial charge in [-0.25, -0.2) is 0 Å². The van der Waals surface area contributed by atoms with Gasteiger partial charge >= 0.3 is 5.97 Å². The minimum atomic E-state index is -0.473. The summed E-state index contributed by atoms with van der Waals surface area (Å²) in [6, 6.07) is 0. The Bertz CT molecular complexity index is 548. The molecule has 0 spiro atoms. The van der Waals surface area contributed by atoms with Gasteiger partial charge in [0.25, 0.3) is 5.56 Å². The number of H-pyrrole nitrogens is 1. The number of nitrogens with one attached hydrogen (secondary N) is 1. The molecule has 116 valence electrons. The second-order valence-electron chi connectivity index (χ2n) is 5.14. The number of esters is 1. The maximum absolute atomic E-state index is 12.1. The van der Waals surface area contributed by atoms with Crippen LogP contribution in [0, 0.1) is 0 Å². The van der Waals surface area contributed by atoms with Gasteiger partial charge in [0.2, 0.25) is 5.95 Å². The minimum Gasteiger partial charge on any atom is -0.466 e. The average molecular weight is 294 g/mol. The number of rotatable bonds is 4. The van der Waals surface area contributed by atoms with Crippen molar-refractivity contribution in [1.82, 2.24) is 9.97 Å². The molecule has 1 aliphatic rings. The van der Waals surface area contributed by atoms with Crippen molar-refractivity contribution in [2.24, 2.45) is 0 Å². The molecule has 0 radical (unpaired) electrons.